The Bertz CT molecular complexity index is 367. The van der Waals surface area contributed by atoms with E-state index in [2.05, 4.69) is 29.0 Å². The first kappa shape index (κ1) is 13.2. The third-order valence-electron chi connectivity index (χ3n) is 3.68. The number of rotatable bonds is 5. The summed E-state index contributed by atoms with van der Waals surface area (Å²) < 4.78 is 5.17. The molecule has 0 saturated carbocycles. The lowest BCUT2D eigenvalue weighted by atomic mass is 10.2. The first-order chi connectivity index (χ1) is 8.74. The second-order valence-corrected chi connectivity index (χ2v) is 4.79. The van der Waals surface area contributed by atoms with E-state index >= 15 is 0 Å². The fourth-order valence-electron chi connectivity index (χ4n) is 2.47. The van der Waals surface area contributed by atoms with Crippen molar-refractivity contribution < 1.29 is 9.84 Å². The number of methoxy groups -OCH3 is 1. The van der Waals surface area contributed by atoms with Crippen LogP contribution < -0.4 is 9.64 Å². The van der Waals surface area contributed by atoms with E-state index in [1.54, 1.807) is 7.11 Å². The number of ether oxygens (including phenoxy) is 1. The fourth-order valence-corrected chi connectivity index (χ4v) is 2.47. The average molecular weight is 250 g/mol. The Morgan fingerprint density at radius 1 is 1.39 bits per heavy atom. The monoisotopic (exact) mass is 250 g/mol. The molecule has 4 heteroatoms. The number of benzene rings is 1. The third kappa shape index (κ3) is 2.94. The van der Waals surface area contributed by atoms with Crippen molar-refractivity contribution >= 4 is 5.69 Å². The second-order valence-electron chi connectivity index (χ2n) is 4.79. The molecule has 0 spiro atoms. The Balaban J connectivity index is 1.95. The smallest absolute Gasteiger partial charge is 0.119 e. The van der Waals surface area contributed by atoms with Crippen LogP contribution >= 0.6 is 0 Å². The molecule has 1 aromatic rings. The standard InChI is InChI=1S/C14H22N2O2/c1-15(9-10-17)13-7-8-16(11-13)12-3-5-14(18-2)6-4-12/h3-6,13,17H,7-11H2,1-2H3. The maximum atomic E-state index is 8.97. The van der Waals surface area contributed by atoms with Crippen LogP contribution in [0.5, 0.6) is 5.75 Å². The van der Waals surface area contributed by atoms with E-state index in [0.29, 0.717) is 6.04 Å². The molecule has 1 aliphatic heterocycles. The molecule has 1 N–H and O–H groups in total. The van der Waals surface area contributed by atoms with Crippen molar-refractivity contribution in [3.8, 4) is 5.75 Å². The summed E-state index contributed by atoms with van der Waals surface area (Å²) in [5, 5.41) is 8.97. The van der Waals surface area contributed by atoms with Gasteiger partial charge in [0.25, 0.3) is 0 Å². The van der Waals surface area contributed by atoms with Crippen molar-refractivity contribution in [3.63, 3.8) is 0 Å². The SMILES string of the molecule is COc1ccc(N2CCC(N(C)CCO)C2)cc1. The van der Waals surface area contributed by atoms with E-state index in [-0.39, 0.29) is 6.61 Å². The van der Waals surface area contributed by atoms with Gasteiger partial charge in [-0.05, 0) is 37.7 Å². The molecule has 1 aliphatic rings. The lowest BCUT2D eigenvalue weighted by Gasteiger charge is -2.24. The highest BCUT2D eigenvalue weighted by molar-refractivity contribution is 5.50. The lowest BCUT2D eigenvalue weighted by Crippen LogP contribution is -2.36. The molecule has 18 heavy (non-hydrogen) atoms. The molecule has 0 aromatic heterocycles. The van der Waals surface area contributed by atoms with Crippen molar-refractivity contribution in [2.75, 3.05) is 45.3 Å². The van der Waals surface area contributed by atoms with Gasteiger partial charge in [-0.2, -0.15) is 0 Å². The molecule has 0 aliphatic carbocycles. The average Bonchev–Trinajstić information content (AvgIpc) is 2.89. The second kappa shape index (κ2) is 6.07. The predicted octanol–water partition coefficient (Wildman–Crippen LogP) is 1.20. The van der Waals surface area contributed by atoms with Gasteiger partial charge in [-0.25, -0.2) is 0 Å². The summed E-state index contributed by atoms with van der Waals surface area (Å²) in [5.41, 5.74) is 1.25. The van der Waals surface area contributed by atoms with Gasteiger partial charge in [0.15, 0.2) is 0 Å². The Kier molecular flexibility index (Phi) is 4.44. The van der Waals surface area contributed by atoms with Crippen LogP contribution in [0, 0.1) is 0 Å². The third-order valence-corrected chi connectivity index (χ3v) is 3.68. The number of hydrogen-bond donors (Lipinski definition) is 1. The zero-order chi connectivity index (χ0) is 13.0. The van der Waals surface area contributed by atoms with Crippen LogP contribution in [0.1, 0.15) is 6.42 Å². The zero-order valence-electron chi connectivity index (χ0n) is 11.2. The summed E-state index contributed by atoms with van der Waals surface area (Å²) in [6, 6.07) is 8.75. The van der Waals surface area contributed by atoms with Crippen molar-refractivity contribution in [2.24, 2.45) is 0 Å². The van der Waals surface area contributed by atoms with Crippen LogP contribution in [0.3, 0.4) is 0 Å². The van der Waals surface area contributed by atoms with Crippen LogP contribution in [0.25, 0.3) is 0 Å². The molecule has 1 heterocycles. The van der Waals surface area contributed by atoms with Gasteiger partial charge in [0, 0.05) is 31.4 Å². The summed E-state index contributed by atoms with van der Waals surface area (Å²) in [4.78, 5) is 4.63. The molecule has 100 valence electrons. The van der Waals surface area contributed by atoms with E-state index in [1.165, 1.54) is 5.69 Å². The highest BCUT2D eigenvalue weighted by Gasteiger charge is 2.25. The summed E-state index contributed by atoms with van der Waals surface area (Å²) in [5.74, 6) is 0.895. The lowest BCUT2D eigenvalue weighted by molar-refractivity contribution is 0.188. The van der Waals surface area contributed by atoms with E-state index in [0.717, 1.165) is 31.8 Å². The fraction of sp³-hybridized carbons (Fsp3) is 0.571. The number of likely N-dealkylation sites (N-methyl/N-ethyl adjacent to an activating group) is 1. The minimum absolute atomic E-state index is 0.232. The summed E-state index contributed by atoms with van der Waals surface area (Å²) in [6.45, 7) is 3.09. The highest BCUT2D eigenvalue weighted by atomic mass is 16.5. The number of aliphatic hydroxyl groups excluding tert-OH is 1. The van der Waals surface area contributed by atoms with Gasteiger partial charge >= 0.3 is 0 Å². The number of aliphatic hydroxyl groups is 1. The Labute approximate surface area is 109 Å². The van der Waals surface area contributed by atoms with E-state index in [4.69, 9.17) is 9.84 Å². The molecule has 1 aromatic carbocycles. The van der Waals surface area contributed by atoms with Gasteiger partial charge in [-0.15, -0.1) is 0 Å². The Morgan fingerprint density at radius 3 is 2.72 bits per heavy atom. The van der Waals surface area contributed by atoms with E-state index in [1.807, 2.05) is 12.1 Å². The topological polar surface area (TPSA) is 35.9 Å². The predicted molar refractivity (Wildman–Crippen MR) is 73.3 cm³/mol. The normalized spacial score (nSPS) is 19.6. The van der Waals surface area contributed by atoms with Gasteiger partial charge in [0.1, 0.15) is 5.75 Å². The van der Waals surface area contributed by atoms with E-state index < -0.39 is 0 Å². The van der Waals surface area contributed by atoms with E-state index in [9.17, 15) is 0 Å². The Hall–Kier alpha value is -1.26. The molecule has 1 atom stereocenters. The number of nitrogens with zero attached hydrogens (tertiary/aromatic N) is 2. The van der Waals surface area contributed by atoms with Gasteiger partial charge in [0.05, 0.1) is 13.7 Å². The summed E-state index contributed by atoms with van der Waals surface area (Å²) in [6.07, 6.45) is 1.16. The van der Waals surface area contributed by atoms with Gasteiger partial charge in [0.2, 0.25) is 0 Å². The minimum Gasteiger partial charge on any atom is -0.497 e. The first-order valence-corrected chi connectivity index (χ1v) is 6.44. The maximum absolute atomic E-state index is 8.97. The maximum Gasteiger partial charge on any atom is 0.119 e. The van der Waals surface area contributed by atoms with Gasteiger partial charge in [-0.3, -0.25) is 4.90 Å². The zero-order valence-corrected chi connectivity index (χ0v) is 11.2. The Morgan fingerprint density at radius 2 is 2.11 bits per heavy atom. The summed E-state index contributed by atoms with van der Waals surface area (Å²) >= 11 is 0. The van der Waals surface area contributed by atoms with Crippen LogP contribution in [0.15, 0.2) is 24.3 Å². The molecular weight excluding hydrogens is 228 g/mol. The molecule has 1 saturated heterocycles. The molecule has 0 amide bonds. The number of anilines is 1. The molecule has 1 unspecified atom stereocenters. The van der Waals surface area contributed by atoms with Gasteiger partial charge in [-0.1, -0.05) is 0 Å². The van der Waals surface area contributed by atoms with Crippen LogP contribution in [0.4, 0.5) is 5.69 Å². The molecular formula is C14H22N2O2. The van der Waals surface area contributed by atoms with Crippen molar-refractivity contribution in [2.45, 2.75) is 12.5 Å². The molecule has 0 bridgehead atoms. The molecule has 2 rings (SSSR count). The molecule has 0 radical (unpaired) electrons. The van der Waals surface area contributed by atoms with Crippen molar-refractivity contribution in [1.82, 2.24) is 4.90 Å². The highest BCUT2D eigenvalue weighted by Crippen LogP contribution is 2.24. The van der Waals surface area contributed by atoms with Crippen molar-refractivity contribution in [3.05, 3.63) is 24.3 Å². The van der Waals surface area contributed by atoms with Crippen LogP contribution in [-0.2, 0) is 0 Å². The minimum atomic E-state index is 0.232. The number of hydrogen-bond acceptors (Lipinski definition) is 4. The largest absolute Gasteiger partial charge is 0.497 e. The quantitative estimate of drug-likeness (QED) is 0.852. The van der Waals surface area contributed by atoms with Crippen molar-refractivity contribution in [1.29, 1.82) is 0 Å². The van der Waals surface area contributed by atoms with Crippen LogP contribution in [-0.4, -0.2) is 56.4 Å². The molecule has 4 nitrogen and oxygen atoms in total. The molecule has 1 fully saturated rings. The van der Waals surface area contributed by atoms with Crippen LogP contribution in [0.2, 0.25) is 0 Å². The van der Waals surface area contributed by atoms with Gasteiger partial charge < -0.3 is 14.7 Å². The summed E-state index contributed by atoms with van der Waals surface area (Å²) in [7, 11) is 3.77. The first-order valence-electron chi connectivity index (χ1n) is 6.44.